The quantitative estimate of drug-likeness (QED) is 0.783. The summed E-state index contributed by atoms with van der Waals surface area (Å²) in [5, 5.41) is 9.37. The van der Waals surface area contributed by atoms with Crippen molar-refractivity contribution >= 4 is 29.1 Å². The van der Waals surface area contributed by atoms with E-state index in [4.69, 9.17) is 11.6 Å². The largest absolute Gasteiger partial charge is 0.353 e. The Bertz CT molecular complexity index is 814. The van der Waals surface area contributed by atoms with E-state index in [9.17, 15) is 4.79 Å². The zero-order valence-corrected chi connectivity index (χ0v) is 16.8. The summed E-state index contributed by atoms with van der Waals surface area (Å²) in [5.41, 5.74) is 0.564. The molecule has 2 aromatic rings. The van der Waals surface area contributed by atoms with Gasteiger partial charge in [0, 0.05) is 52.4 Å². The first kappa shape index (κ1) is 19.0. The molecule has 4 rings (SSSR count). The number of hydrogen-bond donors (Lipinski definition) is 0. The lowest BCUT2D eigenvalue weighted by atomic mass is 10.2. The minimum Gasteiger partial charge on any atom is -0.353 e. The van der Waals surface area contributed by atoms with Gasteiger partial charge in [-0.25, -0.2) is 0 Å². The number of amides is 1. The molecule has 0 saturated carbocycles. The maximum atomic E-state index is 12.7. The Kier molecular flexibility index (Phi) is 5.64. The van der Waals surface area contributed by atoms with E-state index in [0.717, 1.165) is 50.9 Å². The SMILES string of the molecule is CN1CCN(c2ccc(N3CCN(C(=O)c4ccccc4Cl)CC3)nn2)CC1. The van der Waals surface area contributed by atoms with Crippen molar-refractivity contribution in [2.75, 3.05) is 69.2 Å². The average Bonchev–Trinajstić information content (AvgIpc) is 2.74. The van der Waals surface area contributed by atoms with E-state index in [-0.39, 0.29) is 5.91 Å². The van der Waals surface area contributed by atoms with Gasteiger partial charge in [0.15, 0.2) is 11.6 Å². The van der Waals surface area contributed by atoms with Gasteiger partial charge in [0.1, 0.15) is 0 Å². The van der Waals surface area contributed by atoms with Crippen LogP contribution in [0.25, 0.3) is 0 Å². The maximum Gasteiger partial charge on any atom is 0.255 e. The van der Waals surface area contributed by atoms with Gasteiger partial charge in [-0.3, -0.25) is 4.79 Å². The first-order chi connectivity index (χ1) is 13.6. The van der Waals surface area contributed by atoms with E-state index >= 15 is 0 Å². The Balaban J connectivity index is 1.35. The number of anilines is 2. The molecule has 0 atom stereocenters. The molecule has 1 amide bonds. The zero-order chi connectivity index (χ0) is 19.5. The molecule has 2 aliphatic rings. The van der Waals surface area contributed by atoms with Crippen molar-refractivity contribution in [2.24, 2.45) is 0 Å². The standard InChI is InChI=1S/C20H25ClN6O/c1-24-8-10-25(11-9-24)18-6-7-19(23-22-18)26-12-14-27(15-13-26)20(28)16-4-2-3-5-17(16)21/h2-7H,8-15H2,1H3. The summed E-state index contributed by atoms with van der Waals surface area (Å²) >= 11 is 6.17. The van der Waals surface area contributed by atoms with Gasteiger partial charge in [0.25, 0.3) is 5.91 Å². The second-order valence-electron chi connectivity index (χ2n) is 7.30. The molecule has 0 radical (unpaired) electrons. The Morgan fingerprint density at radius 1 is 0.821 bits per heavy atom. The number of halogens is 1. The number of rotatable bonds is 3. The Morgan fingerprint density at radius 3 is 1.89 bits per heavy atom. The zero-order valence-electron chi connectivity index (χ0n) is 16.1. The molecule has 7 nitrogen and oxygen atoms in total. The van der Waals surface area contributed by atoms with Crippen LogP contribution in [0, 0.1) is 0 Å². The summed E-state index contributed by atoms with van der Waals surface area (Å²) in [6.45, 7) is 6.81. The van der Waals surface area contributed by atoms with Crippen LogP contribution in [0.1, 0.15) is 10.4 Å². The molecular weight excluding hydrogens is 376 g/mol. The topological polar surface area (TPSA) is 55.8 Å². The molecule has 28 heavy (non-hydrogen) atoms. The lowest BCUT2D eigenvalue weighted by Gasteiger charge is -2.36. The fourth-order valence-electron chi connectivity index (χ4n) is 3.63. The van der Waals surface area contributed by atoms with Crippen molar-refractivity contribution in [2.45, 2.75) is 0 Å². The van der Waals surface area contributed by atoms with Crippen LogP contribution in [-0.2, 0) is 0 Å². The van der Waals surface area contributed by atoms with Crippen LogP contribution in [0.2, 0.25) is 5.02 Å². The van der Waals surface area contributed by atoms with Crippen LogP contribution in [0.4, 0.5) is 11.6 Å². The lowest BCUT2D eigenvalue weighted by molar-refractivity contribution is 0.0746. The molecule has 2 fully saturated rings. The number of carbonyl (C=O) groups excluding carboxylic acids is 1. The van der Waals surface area contributed by atoms with Crippen molar-refractivity contribution < 1.29 is 4.79 Å². The normalized spacial score (nSPS) is 18.4. The molecule has 0 aliphatic carbocycles. The fourth-order valence-corrected chi connectivity index (χ4v) is 3.85. The summed E-state index contributed by atoms with van der Waals surface area (Å²) in [6.07, 6.45) is 0. The van der Waals surface area contributed by atoms with Crippen LogP contribution in [-0.4, -0.2) is 85.3 Å². The minimum absolute atomic E-state index is 0.0123. The monoisotopic (exact) mass is 400 g/mol. The summed E-state index contributed by atoms with van der Waals surface area (Å²) < 4.78 is 0. The molecule has 2 saturated heterocycles. The number of benzene rings is 1. The Hall–Kier alpha value is -2.38. The van der Waals surface area contributed by atoms with Crippen molar-refractivity contribution in [1.82, 2.24) is 20.0 Å². The van der Waals surface area contributed by atoms with Gasteiger partial charge in [-0.15, -0.1) is 10.2 Å². The first-order valence-corrected chi connectivity index (χ1v) is 10.1. The van der Waals surface area contributed by atoms with Gasteiger partial charge < -0.3 is 19.6 Å². The molecule has 3 heterocycles. The van der Waals surface area contributed by atoms with Crippen LogP contribution >= 0.6 is 11.6 Å². The van der Waals surface area contributed by atoms with E-state index in [1.54, 1.807) is 12.1 Å². The van der Waals surface area contributed by atoms with E-state index in [2.05, 4.69) is 38.0 Å². The van der Waals surface area contributed by atoms with Gasteiger partial charge in [-0.2, -0.15) is 0 Å². The van der Waals surface area contributed by atoms with Crippen molar-refractivity contribution in [3.8, 4) is 0 Å². The minimum atomic E-state index is -0.0123. The molecule has 0 bridgehead atoms. The van der Waals surface area contributed by atoms with Crippen LogP contribution in [0.5, 0.6) is 0 Å². The Morgan fingerprint density at radius 2 is 1.36 bits per heavy atom. The second kappa shape index (κ2) is 8.32. The third kappa shape index (κ3) is 4.05. The van der Waals surface area contributed by atoms with Gasteiger partial charge >= 0.3 is 0 Å². The summed E-state index contributed by atoms with van der Waals surface area (Å²) in [7, 11) is 2.14. The second-order valence-corrected chi connectivity index (χ2v) is 7.71. The summed E-state index contributed by atoms with van der Waals surface area (Å²) in [5.74, 6) is 1.79. The number of hydrogen-bond acceptors (Lipinski definition) is 6. The number of piperazine rings is 2. The van der Waals surface area contributed by atoms with Crippen molar-refractivity contribution in [1.29, 1.82) is 0 Å². The van der Waals surface area contributed by atoms with Crippen LogP contribution in [0.3, 0.4) is 0 Å². The third-order valence-electron chi connectivity index (χ3n) is 5.46. The van der Waals surface area contributed by atoms with Crippen molar-refractivity contribution in [3.63, 3.8) is 0 Å². The molecule has 0 spiro atoms. The highest BCUT2D eigenvalue weighted by atomic mass is 35.5. The molecule has 0 N–H and O–H groups in total. The average molecular weight is 401 g/mol. The van der Waals surface area contributed by atoms with E-state index in [1.165, 1.54) is 0 Å². The highest BCUT2D eigenvalue weighted by molar-refractivity contribution is 6.33. The molecule has 8 heteroatoms. The highest BCUT2D eigenvalue weighted by Gasteiger charge is 2.24. The summed E-state index contributed by atoms with van der Waals surface area (Å²) in [6, 6.07) is 11.3. The lowest BCUT2D eigenvalue weighted by Crippen LogP contribution is -2.49. The van der Waals surface area contributed by atoms with Gasteiger partial charge in [0.2, 0.25) is 0 Å². The highest BCUT2D eigenvalue weighted by Crippen LogP contribution is 2.20. The van der Waals surface area contributed by atoms with Crippen LogP contribution < -0.4 is 9.80 Å². The smallest absolute Gasteiger partial charge is 0.255 e. The Labute approximate surface area is 170 Å². The number of nitrogens with zero attached hydrogens (tertiary/aromatic N) is 6. The first-order valence-electron chi connectivity index (χ1n) is 9.68. The molecular formula is C20H25ClN6O. The van der Waals surface area contributed by atoms with Crippen molar-refractivity contribution in [3.05, 3.63) is 47.0 Å². The molecule has 1 aromatic heterocycles. The van der Waals surface area contributed by atoms with Gasteiger partial charge in [-0.05, 0) is 31.3 Å². The van der Waals surface area contributed by atoms with E-state index in [1.807, 2.05) is 23.1 Å². The summed E-state index contributed by atoms with van der Waals surface area (Å²) in [4.78, 5) is 21.3. The predicted octanol–water partition coefficient (Wildman–Crippen LogP) is 1.84. The number of aromatic nitrogens is 2. The molecule has 0 unspecified atom stereocenters. The fraction of sp³-hybridized carbons (Fsp3) is 0.450. The molecule has 1 aromatic carbocycles. The molecule has 2 aliphatic heterocycles. The van der Waals surface area contributed by atoms with E-state index < -0.39 is 0 Å². The number of carbonyl (C=O) groups is 1. The maximum absolute atomic E-state index is 12.7. The van der Waals surface area contributed by atoms with Gasteiger partial charge in [0.05, 0.1) is 10.6 Å². The molecule has 148 valence electrons. The van der Waals surface area contributed by atoms with Crippen LogP contribution in [0.15, 0.2) is 36.4 Å². The predicted molar refractivity (Wildman–Crippen MR) is 111 cm³/mol. The van der Waals surface area contributed by atoms with Gasteiger partial charge in [-0.1, -0.05) is 23.7 Å². The number of likely N-dealkylation sites (N-methyl/N-ethyl adjacent to an activating group) is 1. The third-order valence-corrected chi connectivity index (χ3v) is 5.79. The van der Waals surface area contributed by atoms with E-state index in [0.29, 0.717) is 23.7 Å².